The highest BCUT2D eigenvalue weighted by atomic mass is 16.3. The predicted molar refractivity (Wildman–Crippen MR) is 86.3 cm³/mol. The lowest BCUT2D eigenvalue weighted by atomic mass is 9.99. The van der Waals surface area contributed by atoms with Gasteiger partial charge >= 0.3 is 0 Å². The van der Waals surface area contributed by atoms with Gasteiger partial charge in [-0.05, 0) is 31.2 Å². The number of piperazine rings is 1. The lowest BCUT2D eigenvalue weighted by Gasteiger charge is -2.40. The Balaban J connectivity index is 1.65. The van der Waals surface area contributed by atoms with Gasteiger partial charge < -0.3 is 10.0 Å². The maximum absolute atomic E-state index is 12.6. The smallest absolute Gasteiger partial charge is 0.254 e. The van der Waals surface area contributed by atoms with E-state index in [0.29, 0.717) is 39.0 Å². The van der Waals surface area contributed by atoms with Crippen molar-refractivity contribution in [3.63, 3.8) is 0 Å². The molecule has 3 rings (SSSR count). The minimum Gasteiger partial charge on any atom is -0.380 e. The van der Waals surface area contributed by atoms with Crippen LogP contribution in [0, 0.1) is 11.3 Å². The number of amides is 1. The molecule has 5 nitrogen and oxygen atoms in total. The lowest BCUT2D eigenvalue weighted by molar-refractivity contribution is -0.153. The van der Waals surface area contributed by atoms with Gasteiger partial charge in [0.15, 0.2) is 0 Å². The third kappa shape index (κ3) is 3.39. The lowest BCUT2D eigenvalue weighted by Crippen LogP contribution is -2.58. The van der Waals surface area contributed by atoms with Gasteiger partial charge in [0, 0.05) is 26.2 Å². The van der Waals surface area contributed by atoms with Crippen molar-refractivity contribution in [2.75, 3.05) is 19.6 Å². The molecule has 2 fully saturated rings. The first-order chi connectivity index (χ1) is 11.1. The summed E-state index contributed by atoms with van der Waals surface area (Å²) in [5.74, 6) is -0.186. The quantitative estimate of drug-likeness (QED) is 0.919. The van der Waals surface area contributed by atoms with Gasteiger partial charge in [0.1, 0.15) is 11.6 Å². The summed E-state index contributed by atoms with van der Waals surface area (Å²) < 4.78 is 0. The van der Waals surface area contributed by atoms with E-state index >= 15 is 0 Å². The summed E-state index contributed by atoms with van der Waals surface area (Å²) in [6, 6.07) is 12.0. The summed E-state index contributed by atoms with van der Waals surface area (Å²) in [6.07, 6.45) is 2.90. The molecule has 1 heterocycles. The van der Waals surface area contributed by atoms with Gasteiger partial charge in [0.05, 0.1) is 6.07 Å². The minimum absolute atomic E-state index is 0.186. The fraction of sp³-hybridized carbons (Fsp3) is 0.556. The van der Waals surface area contributed by atoms with Crippen LogP contribution >= 0.6 is 0 Å². The van der Waals surface area contributed by atoms with Crippen molar-refractivity contribution in [2.24, 2.45) is 0 Å². The van der Waals surface area contributed by atoms with Gasteiger partial charge in [-0.3, -0.25) is 9.69 Å². The van der Waals surface area contributed by atoms with Crippen LogP contribution in [0.1, 0.15) is 31.2 Å². The minimum atomic E-state index is -1.19. The molecular formula is C18H23N3O2. The molecule has 1 saturated carbocycles. The van der Waals surface area contributed by atoms with Crippen molar-refractivity contribution < 1.29 is 9.90 Å². The number of nitriles is 1. The molecule has 1 atom stereocenters. The summed E-state index contributed by atoms with van der Waals surface area (Å²) in [4.78, 5) is 16.4. The van der Waals surface area contributed by atoms with Crippen LogP contribution in [0.5, 0.6) is 0 Å². The number of nitrogens with zero attached hydrogens (tertiary/aromatic N) is 3. The van der Waals surface area contributed by atoms with Gasteiger partial charge in [-0.25, -0.2) is 0 Å². The highest BCUT2D eigenvalue weighted by Gasteiger charge is 2.43. The van der Waals surface area contributed by atoms with Crippen LogP contribution < -0.4 is 0 Å². The summed E-state index contributed by atoms with van der Waals surface area (Å²) in [5, 5.41) is 20.0. The van der Waals surface area contributed by atoms with Crippen molar-refractivity contribution >= 4 is 5.91 Å². The molecule has 1 N–H and O–H groups in total. The van der Waals surface area contributed by atoms with Crippen LogP contribution in [-0.2, 0) is 11.3 Å². The SMILES string of the molecule is N#CC1CN(C(=O)C2(O)CCCC2)CCN1Cc1ccccc1. The van der Waals surface area contributed by atoms with Crippen molar-refractivity contribution in [2.45, 2.75) is 43.9 Å². The molecule has 2 aliphatic rings. The average Bonchev–Trinajstić information content (AvgIpc) is 3.03. The second-order valence-electron chi connectivity index (χ2n) is 6.59. The molecule has 23 heavy (non-hydrogen) atoms. The maximum atomic E-state index is 12.6. The summed E-state index contributed by atoms with van der Waals surface area (Å²) in [5.41, 5.74) is -0.0244. The number of carbonyl (C=O) groups is 1. The Bertz CT molecular complexity index is 590. The molecule has 122 valence electrons. The third-order valence-electron chi connectivity index (χ3n) is 4.98. The molecule has 1 unspecified atom stereocenters. The molecule has 0 radical (unpaired) electrons. The van der Waals surface area contributed by atoms with Crippen LogP contribution in [0.25, 0.3) is 0 Å². The summed E-state index contributed by atoms with van der Waals surface area (Å²) in [6.45, 7) is 2.33. The van der Waals surface area contributed by atoms with E-state index in [1.807, 2.05) is 30.3 Å². The van der Waals surface area contributed by atoms with Crippen LogP contribution in [0.15, 0.2) is 30.3 Å². The highest BCUT2D eigenvalue weighted by Crippen LogP contribution is 2.32. The van der Waals surface area contributed by atoms with Gasteiger partial charge in [-0.1, -0.05) is 30.3 Å². The van der Waals surface area contributed by atoms with Gasteiger partial charge in [-0.2, -0.15) is 5.26 Å². The van der Waals surface area contributed by atoms with Crippen molar-refractivity contribution in [1.82, 2.24) is 9.80 Å². The topological polar surface area (TPSA) is 67.6 Å². The Kier molecular flexibility index (Phi) is 4.65. The normalized spacial score (nSPS) is 24.3. The van der Waals surface area contributed by atoms with Crippen LogP contribution in [-0.4, -0.2) is 52.1 Å². The van der Waals surface area contributed by atoms with E-state index in [-0.39, 0.29) is 11.9 Å². The molecule has 1 aromatic rings. The molecule has 1 saturated heterocycles. The Morgan fingerprint density at radius 1 is 1.26 bits per heavy atom. The standard InChI is InChI=1S/C18H23N3O2/c19-12-16-14-21(17(22)18(23)8-4-5-9-18)11-10-20(16)13-15-6-2-1-3-7-15/h1-3,6-7,16,23H,4-5,8-11,13-14H2. The molecule has 1 amide bonds. The van der Waals surface area contributed by atoms with E-state index in [4.69, 9.17) is 0 Å². The van der Waals surface area contributed by atoms with Gasteiger partial charge in [0.25, 0.3) is 5.91 Å². The number of rotatable bonds is 3. The zero-order chi connectivity index (χ0) is 16.3. The van der Waals surface area contributed by atoms with Crippen molar-refractivity contribution in [1.29, 1.82) is 5.26 Å². The number of hydrogen-bond acceptors (Lipinski definition) is 4. The monoisotopic (exact) mass is 313 g/mol. The first-order valence-electron chi connectivity index (χ1n) is 8.32. The second-order valence-corrected chi connectivity index (χ2v) is 6.59. The summed E-state index contributed by atoms with van der Waals surface area (Å²) in [7, 11) is 0. The Hall–Kier alpha value is -1.90. The second kappa shape index (κ2) is 6.69. The first kappa shape index (κ1) is 16.0. The van der Waals surface area contributed by atoms with Crippen LogP contribution in [0.3, 0.4) is 0 Å². The largest absolute Gasteiger partial charge is 0.380 e. The van der Waals surface area contributed by atoms with E-state index in [0.717, 1.165) is 12.8 Å². The van der Waals surface area contributed by atoms with Crippen LogP contribution in [0.4, 0.5) is 0 Å². The van der Waals surface area contributed by atoms with Gasteiger partial charge in [0.2, 0.25) is 0 Å². The zero-order valence-electron chi connectivity index (χ0n) is 13.3. The van der Waals surface area contributed by atoms with Gasteiger partial charge in [-0.15, -0.1) is 0 Å². The number of aliphatic hydroxyl groups is 1. The third-order valence-corrected chi connectivity index (χ3v) is 4.98. The maximum Gasteiger partial charge on any atom is 0.254 e. The molecule has 1 aliphatic heterocycles. The first-order valence-corrected chi connectivity index (χ1v) is 8.32. The fourth-order valence-corrected chi connectivity index (χ4v) is 3.60. The predicted octanol–water partition coefficient (Wildman–Crippen LogP) is 1.53. The molecule has 0 spiro atoms. The van der Waals surface area contributed by atoms with Crippen molar-refractivity contribution in [3.8, 4) is 6.07 Å². The van der Waals surface area contributed by atoms with Crippen LogP contribution in [0.2, 0.25) is 0 Å². The molecule has 5 heteroatoms. The summed E-state index contributed by atoms with van der Waals surface area (Å²) >= 11 is 0. The molecule has 1 aliphatic carbocycles. The Morgan fingerprint density at radius 2 is 1.96 bits per heavy atom. The van der Waals surface area contributed by atoms with E-state index in [1.54, 1.807) is 4.90 Å². The number of hydrogen-bond donors (Lipinski definition) is 1. The molecule has 1 aromatic carbocycles. The molecule has 0 bridgehead atoms. The van der Waals surface area contributed by atoms with E-state index < -0.39 is 5.60 Å². The Labute approximate surface area is 137 Å². The number of benzene rings is 1. The molecule has 0 aromatic heterocycles. The number of carbonyl (C=O) groups excluding carboxylic acids is 1. The average molecular weight is 313 g/mol. The van der Waals surface area contributed by atoms with Crippen molar-refractivity contribution in [3.05, 3.63) is 35.9 Å². The van der Waals surface area contributed by atoms with E-state index in [1.165, 1.54) is 5.56 Å². The Morgan fingerprint density at radius 3 is 2.61 bits per heavy atom. The fourth-order valence-electron chi connectivity index (χ4n) is 3.60. The van der Waals surface area contributed by atoms with E-state index in [2.05, 4.69) is 11.0 Å². The highest BCUT2D eigenvalue weighted by molar-refractivity contribution is 5.85. The zero-order valence-corrected chi connectivity index (χ0v) is 13.3. The van der Waals surface area contributed by atoms with E-state index in [9.17, 15) is 15.2 Å². The molecular weight excluding hydrogens is 290 g/mol.